The molecular weight excluding hydrogens is 212 g/mol. The summed E-state index contributed by atoms with van der Waals surface area (Å²) in [5, 5.41) is 13.4. The van der Waals surface area contributed by atoms with Crippen molar-refractivity contribution in [3.05, 3.63) is 41.5 Å². The lowest BCUT2D eigenvalue weighted by atomic mass is 10.0. The molecule has 1 heterocycles. The second-order valence-corrected chi connectivity index (χ2v) is 4.28. The topological polar surface area (TPSA) is 54.5 Å². The van der Waals surface area contributed by atoms with Gasteiger partial charge in [-0.1, -0.05) is 19.9 Å². The average molecular weight is 226 g/mol. The lowest BCUT2D eigenvalue weighted by Crippen LogP contribution is -2.00. The molecule has 0 aliphatic carbocycles. The van der Waals surface area contributed by atoms with Crippen LogP contribution in [0.5, 0.6) is 0 Å². The van der Waals surface area contributed by atoms with Gasteiger partial charge in [0.2, 0.25) is 0 Å². The number of aryl methyl sites for hydroxylation is 1. The molecule has 0 unspecified atom stereocenters. The zero-order valence-corrected chi connectivity index (χ0v) is 10.2. The number of benzene rings is 1. The summed E-state index contributed by atoms with van der Waals surface area (Å²) in [6.45, 7) is 6.04. The van der Waals surface area contributed by atoms with Gasteiger partial charge >= 0.3 is 0 Å². The quantitative estimate of drug-likeness (QED) is 0.790. The standard InChI is InChI=1S/C13H14N4/c1-9(2)11-4-5-13(12(6-11)7-14)17-8-15-10(3)16-17/h4-6,8-9H,1-3H3. The molecule has 0 N–H and O–H groups in total. The molecule has 4 heteroatoms. The summed E-state index contributed by atoms with van der Waals surface area (Å²) < 4.78 is 1.64. The van der Waals surface area contributed by atoms with Gasteiger partial charge in [0.25, 0.3) is 0 Å². The Hall–Kier alpha value is -2.15. The third-order valence-electron chi connectivity index (χ3n) is 2.66. The van der Waals surface area contributed by atoms with Crippen molar-refractivity contribution in [1.82, 2.24) is 14.8 Å². The van der Waals surface area contributed by atoms with Gasteiger partial charge in [0.05, 0.1) is 11.3 Å². The molecule has 86 valence electrons. The Kier molecular flexibility index (Phi) is 2.92. The van der Waals surface area contributed by atoms with E-state index in [2.05, 4.69) is 30.0 Å². The van der Waals surface area contributed by atoms with Crippen molar-refractivity contribution >= 4 is 0 Å². The summed E-state index contributed by atoms with van der Waals surface area (Å²) in [6.07, 6.45) is 1.63. The van der Waals surface area contributed by atoms with E-state index in [0.717, 1.165) is 11.3 Å². The molecule has 0 saturated heterocycles. The van der Waals surface area contributed by atoms with E-state index in [0.29, 0.717) is 17.3 Å². The molecule has 0 atom stereocenters. The van der Waals surface area contributed by atoms with Crippen LogP contribution in [0.1, 0.15) is 36.7 Å². The Bertz CT molecular complexity index is 575. The predicted molar refractivity (Wildman–Crippen MR) is 64.9 cm³/mol. The number of hydrogen-bond donors (Lipinski definition) is 0. The van der Waals surface area contributed by atoms with E-state index in [1.54, 1.807) is 11.0 Å². The fourth-order valence-corrected chi connectivity index (χ4v) is 1.66. The first-order chi connectivity index (χ1) is 8.11. The molecule has 0 aliphatic rings. The van der Waals surface area contributed by atoms with E-state index in [1.807, 2.05) is 25.1 Å². The maximum Gasteiger partial charge on any atom is 0.147 e. The van der Waals surface area contributed by atoms with Gasteiger partial charge < -0.3 is 0 Å². The van der Waals surface area contributed by atoms with Crippen LogP contribution in [-0.2, 0) is 0 Å². The number of nitriles is 1. The first-order valence-corrected chi connectivity index (χ1v) is 5.54. The molecule has 0 spiro atoms. The minimum absolute atomic E-state index is 0.411. The molecule has 17 heavy (non-hydrogen) atoms. The molecule has 0 aliphatic heterocycles. The highest BCUT2D eigenvalue weighted by atomic mass is 15.3. The predicted octanol–water partition coefficient (Wildman–Crippen LogP) is 2.57. The SMILES string of the molecule is Cc1ncn(-c2ccc(C(C)C)cc2C#N)n1. The van der Waals surface area contributed by atoms with Gasteiger partial charge in [0.1, 0.15) is 18.2 Å². The fraction of sp³-hybridized carbons (Fsp3) is 0.308. The van der Waals surface area contributed by atoms with E-state index in [1.165, 1.54) is 0 Å². The monoisotopic (exact) mass is 226 g/mol. The molecule has 1 aromatic carbocycles. The average Bonchev–Trinajstić information content (AvgIpc) is 2.74. The smallest absolute Gasteiger partial charge is 0.147 e. The lowest BCUT2D eigenvalue weighted by molar-refractivity contribution is 0.843. The maximum absolute atomic E-state index is 9.18. The van der Waals surface area contributed by atoms with Crippen molar-refractivity contribution in [2.24, 2.45) is 0 Å². The van der Waals surface area contributed by atoms with Crippen LogP contribution in [0, 0.1) is 18.3 Å². The van der Waals surface area contributed by atoms with Crippen molar-refractivity contribution in [1.29, 1.82) is 5.26 Å². The van der Waals surface area contributed by atoms with E-state index in [4.69, 9.17) is 0 Å². The summed E-state index contributed by atoms with van der Waals surface area (Å²) in [6, 6.07) is 8.07. The van der Waals surface area contributed by atoms with Crippen molar-refractivity contribution in [3.63, 3.8) is 0 Å². The zero-order valence-electron chi connectivity index (χ0n) is 10.2. The molecule has 1 aromatic heterocycles. The first-order valence-electron chi connectivity index (χ1n) is 5.54. The van der Waals surface area contributed by atoms with Crippen LogP contribution in [0.3, 0.4) is 0 Å². The van der Waals surface area contributed by atoms with Crippen LogP contribution in [0.15, 0.2) is 24.5 Å². The van der Waals surface area contributed by atoms with Gasteiger partial charge in [-0.15, -0.1) is 0 Å². The third-order valence-corrected chi connectivity index (χ3v) is 2.66. The molecule has 4 nitrogen and oxygen atoms in total. The lowest BCUT2D eigenvalue weighted by Gasteiger charge is -2.08. The highest BCUT2D eigenvalue weighted by Gasteiger charge is 2.08. The summed E-state index contributed by atoms with van der Waals surface area (Å²) in [7, 11) is 0. The summed E-state index contributed by atoms with van der Waals surface area (Å²) in [5.41, 5.74) is 2.56. The van der Waals surface area contributed by atoms with Gasteiger partial charge in [0, 0.05) is 0 Å². The molecule has 0 bridgehead atoms. The molecule has 0 radical (unpaired) electrons. The minimum atomic E-state index is 0.411. The number of rotatable bonds is 2. The Morgan fingerprint density at radius 3 is 2.65 bits per heavy atom. The largest absolute Gasteiger partial charge is 0.220 e. The van der Waals surface area contributed by atoms with Crippen molar-refractivity contribution < 1.29 is 0 Å². The zero-order chi connectivity index (χ0) is 12.4. The van der Waals surface area contributed by atoms with Crippen LogP contribution in [0.4, 0.5) is 0 Å². The second-order valence-electron chi connectivity index (χ2n) is 4.28. The van der Waals surface area contributed by atoms with Gasteiger partial charge in [0.15, 0.2) is 0 Å². The van der Waals surface area contributed by atoms with Crippen LogP contribution >= 0.6 is 0 Å². The van der Waals surface area contributed by atoms with E-state index in [-0.39, 0.29) is 0 Å². The van der Waals surface area contributed by atoms with Crippen LogP contribution in [0.2, 0.25) is 0 Å². The Balaban J connectivity index is 2.53. The van der Waals surface area contributed by atoms with E-state index < -0.39 is 0 Å². The van der Waals surface area contributed by atoms with Crippen LogP contribution < -0.4 is 0 Å². The van der Waals surface area contributed by atoms with Gasteiger partial charge in [-0.05, 0) is 30.5 Å². The first kappa shape index (κ1) is 11.3. The Morgan fingerprint density at radius 2 is 2.12 bits per heavy atom. The minimum Gasteiger partial charge on any atom is -0.220 e. The van der Waals surface area contributed by atoms with Crippen molar-refractivity contribution in [2.75, 3.05) is 0 Å². The molecule has 0 saturated carbocycles. The summed E-state index contributed by atoms with van der Waals surface area (Å²) in [5.74, 6) is 1.11. The van der Waals surface area contributed by atoms with Gasteiger partial charge in [-0.25, -0.2) is 9.67 Å². The molecule has 0 amide bonds. The molecular formula is C13H14N4. The number of hydrogen-bond acceptors (Lipinski definition) is 3. The highest BCUT2D eigenvalue weighted by molar-refractivity contribution is 5.50. The Labute approximate surface area is 101 Å². The Morgan fingerprint density at radius 1 is 1.35 bits per heavy atom. The maximum atomic E-state index is 9.18. The number of aromatic nitrogens is 3. The van der Waals surface area contributed by atoms with Crippen LogP contribution in [-0.4, -0.2) is 14.8 Å². The van der Waals surface area contributed by atoms with Crippen LogP contribution in [0.25, 0.3) is 5.69 Å². The summed E-state index contributed by atoms with van der Waals surface area (Å²) >= 11 is 0. The van der Waals surface area contributed by atoms with Gasteiger partial charge in [-0.2, -0.15) is 10.4 Å². The van der Waals surface area contributed by atoms with Crippen molar-refractivity contribution in [3.8, 4) is 11.8 Å². The van der Waals surface area contributed by atoms with E-state index in [9.17, 15) is 5.26 Å². The summed E-state index contributed by atoms with van der Waals surface area (Å²) in [4.78, 5) is 4.07. The fourth-order valence-electron chi connectivity index (χ4n) is 1.66. The van der Waals surface area contributed by atoms with E-state index >= 15 is 0 Å². The van der Waals surface area contributed by atoms with Crippen molar-refractivity contribution in [2.45, 2.75) is 26.7 Å². The normalized spacial score (nSPS) is 10.5. The van der Waals surface area contributed by atoms with Gasteiger partial charge in [-0.3, -0.25) is 0 Å². The highest BCUT2D eigenvalue weighted by Crippen LogP contribution is 2.20. The molecule has 2 aromatic rings. The third kappa shape index (κ3) is 2.18. The molecule has 0 fully saturated rings. The second kappa shape index (κ2) is 4.38. The molecule has 2 rings (SSSR count). The number of nitrogens with zero attached hydrogens (tertiary/aromatic N) is 4.